The Balaban J connectivity index is 4.91. The molecule has 1 unspecified atom stereocenters. The topological polar surface area (TPSA) is 32.6 Å². The van der Waals surface area contributed by atoms with Gasteiger partial charge in [0, 0.05) is 6.54 Å². The van der Waals surface area contributed by atoms with Crippen LogP contribution in [0.4, 0.5) is 0 Å². The van der Waals surface area contributed by atoms with Crippen LogP contribution in [0.5, 0.6) is 0 Å². The van der Waals surface area contributed by atoms with Crippen molar-refractivity contribution in [3.8, 4) is 0 Å². The molecule has 0 saturated heterocycles. The van der Waals surface area contributed by atoms with E-state index in [0.717, 1.165) is 0 Å². The van der Waals surface area contributed by atoms with Crippen LogP contribution in [-0.2, 0) is 0 Å². The summed E-state index contributed by atoms with van der Waals surface area (Å²) < 4.78 is 0. The minimum atomic E-state index is -0.808. The van der Waals surface area contributed by atoms with Crippen molar-refractivity contribution in [2.75, 3.05) is 6.54 Å². The molecule has 1 atom stereocenters. The van der Waals surface area contributed by atoms with Gasteiger partial charge in [0.1, 0.15) is 5.60 Å². The lowest BCUT2D eigenvalue weighted by molar-refractivity contribution is 0.0606. The third-order valence-electron chi connectivity index (χ3n) is 2.46. The molecule has 0 heterocycles. The maximum atomic E-state index is 10.3. The Morgan fingerprint density at radius 3 is 2.31 bits per heavy atom. The average molecular weight is 183 g/mol. The summed E-state index contributed by atoms with van der Waals surface area (Å²) in [4.78, 5) is 4.26. The maximum Gasteiger partial charge on any atom is 0.108 e. The predicted molar refractivity (Wildman–Crippen MR) is 58.3 cm³/mol. The molecule has 0 rings (SSSR count). The van der Waals surface area contributed by atoms with Gasteiger partial charge in [-0.25, -0.2) is 0 Å². The van der Waals surface area contributed by atoms with Crippen molar-refractivity contribution < 1.29 is 5.11 Å². The zero-order valence-electron chi connectivity index (χ0n) is 9.17. The molecular formula is C11H21NO. The second-order valence-electron chi connectivity index (χ2n) is 3.50. The van der Waals surface area contributed by atoms with E-state index in [-0.39, 0.29) is 5.92 Å². The molecule has 2 nitrogen and oxygen atoms in total. The molecule has 0 aliphatic carbocycles. The van der Waals surface area contributed by atoms with E-state index in [2.05, 4.69) is 11.6 Å². The molecule has 1 N–H and O–H groups in total. The number of hydrogen-bond acceptors (Lipinski definition) is 2. The van der Waals surface area contributed by atoms with Gasteiger partial charge >= 0.3 is 0 Å². The van der Waals surface area contributed by atoms with E-state index in [4.69, 9.17) is 0 Å². The van der Waals surface area contributed by atoms with Crippen molar-refractivity contribution in [1.82, 2.24) is 0 Å². The van der Waals surface area contributed by atoms with Crippen LogP contribution in [0.3, 0.4) is 0 Å². The molecule has 0 aliphatic rings. The first-order valence-electron chi connectivity index (χ1n) is 4.92. The molecule has 0 fully saturated rings. The lowest BCUT2D eigenvalue weighted by atomic mass is 9.83. The number of aliphatic imine (C=N–C) groups is 1. The highest BCUT2D eigenvalue weighted by Gasteiger charge is 2.32. The van der Waals surface area contributed by atoms with Gasteiger partial charge in [0.15, 0.2) is 0 Å². The lowest BCUT2D eigenvalue weighted by Gasteiger charge is -2.31. The highest BCUT2D eigenvalue weighted by atomic mass is 16.3. The summed E-state index contributed by atoms with van der Waals surface area (Å²) in [6.07, 6.45) is 2.34. The Kier molecular flexibility index (Phi) is 4.92. The fourth-order valence-electron chi connectivity index (χ4n) is 1.43. The van der Waals surface area contributed by atoms with Crippen LogP contribution in [0.25, 0.3) is 0 Å². The van der Waals surface area contributed by atoms with Crippen molar-refractivity contribution >= 4 is 5.71 Å². The smallest absolute Gasteiger partial charge is 0.108 e. The van der Waals surface area contributed by atoms with Gasteiger partial charge in [-0.15, -0.1) is 0 Å². The molecule has 13 heavy (non-hydrogen) atoms. The molecule has 2 heteroatoms. The molecule has 0 amide bonds. The Bertz CT molecular complexity index is 196. The quantitative estimate of drug-likeness (QED) is 0.652. The second kappa shape index (κ2) is 5.18. The fraction of sp³-hybridized carbons (Fsp3) is 0.727. The number of rotatable bonds is 5. The Hall–Kier alpha value is -0.630. The third kappa shape index (κ3) is 2.66. The first-order valence-corrected chi connectivity index (χ1v) is 4.92. The molecule has 0 bridgehead atoms. The van der Waals surface area contributed by atoms with Gasteiger partial charge in [0.05, 0.1) is 5.71 Å². The monoisotopic (exact) mass is 183 g/mol. The molecule has 0 saturated carbocycles. The van der Waals surface area contributed by atoms with E-state index in [1.165, 1.54) is 0 Å². The fourth-order valence-corrected chi connectivity index (χ4v) is 1.43. The summed E-state index contributed by atoms with van der Waals surface area (Å²) in [6.45, 7) is 12.3. The molecule has 0 aromatic carbocycles. The van der Waals surface area contributed by atoms with Crippen LogP contribution in [0.2, 0.25) is 0 Å². The van der Waals surface area contributed by atoms with Crippen LogP contribution >= 0.6 is 0 Å². The normalized spacial score (nSPS) is 17.2. The van der Waals surface area contributed by atoms with Gasteiger partial charge < -0.3 is 5.11 Å². The number of hydrogen-bond donors (Lipinski definition) is 1. The van der Waals surface area contributed by atoms with Crippen LogP contribution in [0.1, 0.15) is 34.1 Å². The van der Waals surface area contributed by atoms with Gasteiger partial charge in [-0.3, -0.25) is 4.99 Å². The van der Waals surface area contributed by atoms with Crippen LogP contribution in [0, 0.1) is 5.92 Å². The van der Waals surface area contributed by atoms with Crippen LogP contribution in [0.15, 0.2) is 17.6 Å². The molecule has 0 spiro atoms. The molecule has 0 radical (unpaired) electrons. The van der Waals surface area contributed by atoms with Crippen molar-refractivity contribution in [2.24, 2.45) is 10.9 Å². The molecule has 76 valence electrons. The van der Waals surface area contributed by atoms with Crippen molar-refractivity contribution in [3.05, 3.63) is 12.7 Å². The van der Waals surface area contributed by atoms with E-state index >= 15 is 0 Å². The first-order chi connectivity index (χ1) is 6.02. The zero-order chi connectivity index (χ0) is 10.5. The standard InChI is InChI=1S/C11H21NO/c1-6-10(12-8-3)11(13,7-2)9(4)5/h6,9,13H,1,7-8H2,2-5H3. The van der Waals surface area contributed by atoms with E-state index in [1.807, 2.05) is 27.7 Å². The zero-order valence-corrected chi connectivity index (χ0v) is 9.17. The SMILES string of the molecule is C=CC(=NCC)C(O)(CC)C(C)C. The largest absolute Gasteiger partial charge is 0.383 e. The van der Waals surface area contributed by atoms with E-state index in [0.29, 0.717) is 18.7 Å². The van der Waals surface area contributed by atoms with E-state index in [9.17, 15) is 5.11 Å². The van der Waals surface area contributed by atoms with Gasteiger partial charge in [-0.1, -0.05) is 27.4 Å². The van der Waals surface area contributed by atoms with Crippen molar-refractivity contribution in [2.45, 2.75) is 39.7 Å². The van der Waals surface area contributed by atoms with Crippen LogP contribution < -0.4 is 0 Å². The van der Waals surface area contributed by atoms with E-state index in [1.54, 1.807) is 6.08 Å². The number of aliphatic hydroxyl groups is 1. The molecular weight excluding hydrogens is 162 g/mol. The molecule has 0 aromatic heterocycles. The Morgan fingerprint density at radius 1 is 1.54 bits per heavy atom. The highest BCUT2D eigenvalue weighted by molar-refractivity contribution is 6.01. The van der Waals surface area contributed by atoms with Crippen LogP contribution in [-0.4, -0.2) is 23.0 Å². The minimum Gasteiger partial charge on any atom is -0.383 e. The molecule has 0 aliphatic heterocycles. The van der Waals surface area contributed by atoms with E-state index < -0.39 is 5.60 Å². The number of nitrogens with zero attached hydrogens (tertiary/aromatic N) is 1. The third-order valence-corrected chi connectivity index (χ3v) is 2.46. The molecule has 0 aromatic rings. The second-order valence-corrected chi connectivity index (χ2v) is 3.50. The van der Waals surface area contributed by atoms with Gasteiger partial charge in [0.2, 0.25) is 0 Å². The highest BCUT2D eigenvalue weighted by Crippen LogP contribution is 2.23. The Morgan fingerprint density at radius 2 is 2.08 bits per heavy atom. The maximum absolute atomic E-state index is 10.3. The summed E-state index contributed by atoms with van der Waals surface area (Å²) in [5.41, 5.74) is -0.0925. The predicted octanol–water partition coefficient (Wildman–Crippen LogP) is 2.43. The average Bonchev–Trinajstić information content (AvgIpc) is 2.12. The summed E-state index contributed by atoms with van der Waals surface area (Å²) >= 11 is 0. The lowest BCUT2D eigenvalue weighted by Crippen LogP contribution is -2.42. The Labute approximate surface area is 81.4 Å². The van der Waals surface area contributed by atoms with Crippen molar-refractivity contribution in [1.29, 1.82) is 0 Å². The first kappa shape index (κ1) is 12.4. The summed E-state index contributed by atoms with van der Waals surface area (Å²) in [5.74, 6) is 0.167. The summed E-state index contributed by atoms with van der Waals surface area (Å²) in [6, 6.07) is 0. The minimum absolute atomic E-state index is 0.167. The van der Waals surface area contributed by atoms with Gasteiger partial charge in [0.25, 0.3) is 0 Å². The van der Waals surface area contributed by atoms with Gasteiger partial charge in [-0.05, 0) is 25.3 Å². The summed E-state index contributed by atoms with van der Waals surface area (Å²) in [5, 5.41) is 10.3. The van der Waals surface area contributed by atoms with Gasteiger partial charge in [-0.2, -0.15) is 0 Å². The van der Waals surface area contributed by atoms with Crippen molar-refractivity contribution in [3.63, 3.8) is 0 Å². The summed E-state index contributed by atoms with van der Waals surface area (Å²) in [7, 11) is 0.